The fourth-order valence-electron chi connectivity index (χ4n) is 2.08. The van der Waals surface area contributed by atoms with Gasteiger partial charge in [0.1, 0.15) is 5.75 Å². The lowest BCUT2D eigenvalue weighted by Gasteiger charge is -2.18. The lowest BCUT2D eigenvalue weighted by molar-refractivity contribution is 0.152. The number of fused-ring (bicyclic) bond motifs is 1. The minimum absolute atomic E-state index is 0.369. The van der Waals surface area contributed by atoms with Crippen LogP contribution in [0.2, 0.25) is 0 Å². The molecular formula is C18H25O4P. The monoisotopic (exact) mass is 336 g/mol. The van der Waals surface area contributed by atoms with Gasteiger partial charge >= 0.3 is 7.82 Å². The lowest BCUT2D eigenvalue weighted by Crippen LogP contribution is -2.05. The van der Waals surface area contributed by atoms with Crippen LogP contribution < -0.4 is 4.52 Å². The average molecular weight is 336 g/mol. The van der Waals surface area contributed by atoms with E-state index in [2.05, 4.69) is 13.8 Å². The van der Waals surface area contributed by atoms with Crippen LogP contribution in [0.5, 0.6) is 5.75 Å². The number of phosphoric acid groups is 1. The van der Waals surface area contributed by atoms with Crippen molar-refractivity contribution in [2.24, 2.45) is 0 Å². The van der Waals surface area contributed by atoms with Gasteiger partial charge in [-0.25, -0.2) is 4.57 Å². The van der Waals surface area contributed by atoms with Crippen molar-refractivity contribution in [3.05, 3.63) is 42.5 Å². The number of hydrogen-bond donors (Lipinski definition) is 0. The average Bonchev–Trinajstić information content (AvgIpc) is 2.55. The molecule has 0 saturated heterocycles. The highest BCUT2D eigenvalue weighted by Gasteiger charge is 2.28. The molecule has 0 amide bonds. The van der Waals surface area contributed by atoms with Crippen LogP contribution in [0, 0.1) is 0 Å². The van der Waals surface area contributed by atoms with Crippen LogP contribution in [0.25, 0.3) is 10.8 Å². The van der Waals surface area contributed by atoms with E-state index in [-0.39, 0.29) is 0 Å². The van der Waals surface area contributed by atoms with Crippen LogP contribution in [0.1, 0.15) is 39.5 Å². The van der Waals surface area contributed by atoms with Crippen molar-refractivity contribution < 1.29 is 18.1 Å². The maximum atomic E-state index is 12.8. The van der Waals surface area contributed by atoms with Gasteiger partial charge in [0.2, 0.25) is 0 Å². The second-order valence-corrected chi connectivity index (χ2v) is 7.01. The second kappa shape index (κ2) is 9.07. The molecule has 4 nitrogen and oxygen atoms in total. The summed E-state index contributed by atoms with van der Waals surface area (Å²) in [5, 5.41) is 2.13. The molecular weight excluding hydrogens is 311 g/mol. The third-order valence-electron chi connectivity index (χ3n) is 3.43. The van der Waals surface area contributed by atoms with Gasteiger partial charge in [0.25, 0.3) is 0 Å². The summed E-state index contributed by atoms with van der Waals surface area (Å²) in [6.07, 6.45) is 3.57. The maximum Gasteiger partial charge on any atom is 0.530 e. The fourth-order valence-corrected chi connectivity index (χ4v) is 3.34. The predicted molar refractivity (Wildman–Crippen MR) is 93.9 cm³/mol. The molecule has 0 fully saturated rings. The van der Waals surface area contributed by atoms with Crippen molar-refractivity contribution in [2.45, 2.75) is 39.5 Å². The molecule has 0 spiro atoms. The normalized spacial score (nSPS) is 11.7. The molecule has 2 aromatic rings. The SMILES string of the molecule is CCCCOP(=O)(OCCCC)Oc1ccc2ccccc2c1. The zero-order valence-electron chi connectivity index (χ0n) is 13.9. The molecule has 0 unspecified atom stereocenters. The first-order chi connectivity index (χ1) is 11.2. The van der Waals surface area contributed by atoms with Crippen molar-refractivity contribution >= 4 is 18.6 Å². The van der Waals surface area contributed by atoms with Crippen LogP contribution in [-0.4, -0.2) is 13.2 Å². The molecule has 0 aromatic heterocycles. The third kappa shape index (κ3) is 5.65. The quantitative estimate of drug-likeness (QED) is 0.396. The Balaban J connectivity index is 2.11. The standard InChI is InChI=1S/C18H25O4P/c1-3-5-13-20-23(19,21-14-6-4-2)22-18-12-11-16-9-7-8-10-17(16)15-18/h7-12,15H,3-6,13-14H2,1-2H3. The Kier molecular flexibility index (Phi) is 7.10. The Morgan fingerprint density at radius 1 is 0.870 bits per heavy atom. The fraction of sp³-hybridized carbons (Fsp3) is 0.444. The number of benzene rings is 2. The van der Waals surface area contributed by atoms with Crippen LogP contribution in [-0.2, 0) is 13.6 Å². The smallest absolute Gasteiger partial charge is 0.404 e. The molecule has 2 aromatic carbocycles. The summed E-state index contributed by atoms with van der Waals surface area (Å²) < 4.78 is 29.3. The molecule has 23 heavy (non-hydrogen) atoms. The van der Waals surface area contributed by atoms with Gasteiger partial charge in [0.05, 0.1) is 13.2 Å². The Morgan fingerprint density at radius 3 is 2.09 bits per heavy atom. The Morgan fingerprint density at radius 2 is 1.48 bits per heavy atom. The highest BCUT2D eigenvalue weighted by Crippen LogP contribution is 2.50. The number of rotatable bonds is 10. The first-order valence-corrected chi connectivity index (χ1v) is 9.70. The summed E-state index contributed by atoms with van der Waals surface area (Å²) in [6.45, 7) is 4.84. The second-order valence-electron chi connectivity index (χ2n) is 5.42. The van der Waals surface area contributed by atoms with E-state index in [1.807, 2.05) is 36.4 Å². The first-order valence-electron chi connectivity index (χ1n) is 8.24. The van der Waals surface area contributed by atoms with Crippen LogP contribution in [0.4, 0.5) is 0 Å². The van der Waals surface area contributed by atoms with Crippen molar-refractivity contribution in [3.8, 4) is 5.75 Å². The molecule has 126 valence electrons. The van der Waals surface area contributed by atoms with Gasteiger partial charge in [0, 0.05) is 0 Å². The number of unbranched alkanes of at least 4 members (excludes halogenated alkanes) is 2. The molecule has 0 heterocycles. The van der Waals surface area contributed by atoms with E-state index in [1.54, 1.807) is 6.07 Å². The van der Waals surface area contributed by atoms with Gasteiger partial charge in [-0.1, -0.05) is 57.0 Å². The molecule has 0 atom stereocenters. The predicted octanol–water partition coefficient (Wildman–Crippen LogP) is 5.96. The zero-order valence-corrected chi connectivity index (χ0v) is 14.8. The van der Waals surface area contributed by atoms with Crippen molar-refractivity contribution in [1.82, 2.24) is 0 Å². The van der Waals surface area contributed by atoms with Gasteiger partial charge < -0.3 is 4.52 Å². The Labute approximate surface area is 138 Å². The van der Waals surface area contributed by atoms with Gasteiger partial charge in [-0.2, -0.15) is 0 Å². The van der Waals surface area contributed by atoms with Crippen LogP contribution in [0.15, 0.2) is 42.5 Å². The van der Waals surface area contributed by atoms with E-state index in [9.17, 15) is 4.57 Å². The van der Waals surface area contributed by atoms with Crippen LogP contribution in [0.3, 0.4) is 0 Å². The highest BCUT2D eigenvalue weighted by atomic mass is 31.2. The summed E-state index contributed by atoms with van der Waals surface area (Å²) in [7, 11) is -3.58. The van der Waals surface area contributed by atoms with E-state index >= 15 is 0 Å². The molecule has 0 aliphatic rings. The first kappa shape index (κ1) is 18.0. The topological polar surface area (TPSA) is 44.8 Å². The van der Waals surface area contributed by atoms with E-state index in [4.69, 9.17) is 13.6 Å². The molecule has 0 aliphatic heterocycles. The van der Waals surface area contributed by atoms with Crippen LogP contribution >= 0.6 is 7.82 Å². The highest BCUT2D eigenvalue weighted by molar-refractivity contribution is 7.48. The van der Waals surface area contributed by atoms with E-state index in [0.717, 1.165) is 36.5 Å². The molecule has 0 bridgehead atoms. The Hall–Kier alpha value is -1.35. The zero-order chi connectivity index (χ0) is 16.5. The third-order valence-corrected chi connectivity index (χ3v) is 4.86. The molecule has 0 saturated carbocycles. The lowest BCUT2D eigenvalue weighted by atomic mass is 10.1. The molecule has 0 N–H and O–H groups in total. The van der Waals surface area contributed by atoms with Crippen molar-refractivity contribution in [3.63, 3.8) is 0 Å². The minimum Gasteiger partial charge on any atom is -0.404 e. The summed E-state index contributed by atoms with van der Waals surface area (Å²) in [6, 6.07) is 13.5. The molecule has 0 radical (unpaired) electrons. The van der Waals surface area contributed by atoms with E-state index in [0.29, 0.717) is 19.0 Å². The van der Waals surface area contributed by atoms with E-state index < -0.39 is 7.82 Å². The van der Waals surface area contributed by atoms with Crippen molar-refractivity contribution in [1.29, 1.82) is 0 Å². The maximum absolute atomic E-state index is 12.8. The van der Waals surface area contributed by atoms with Crippen molar-refractivity contribution in [2.75, 3.05) is 13.2 Å². The largest absolute Gasteiger partial charge is 0.530 e. The Bertz CT molecular complexity index is 642. The van der Waals surface area contributed by atoms with Gasteiger partial charge in [-0.05, 0) is 35.7 Å². The summed E-state index contributed by atoms with van der Waals surface area (Å²) in [5.74, 6) is 0.500. The molecule has 5 heteroatoms. The molecule has 2 rings (SSSR count). The number of hydrogen-bond acceptors (Lipinski definition) is 4. The van der Waals surface area contributed by atoms with Gasteiger partial charge in [0.15, 0.2) is 0 Å². The minimum atomic E-state index is -3.58. The van der Waals surface area contributed by atoms with Gasteiger partial charge in [-0.15, -0.1) is 0 Å². The summed E-state index contributed by atoms with van der Waals surface area (Å²) in [4.78, 5) is 0. The number of phosphoric ester groups is 1. The summed E-state index contributed by atoms with van der Waals surface area (Å²) >= 11 is 0. The van der Waals surface area contributed by atoms with Gasteiger partial charge in [-0.3, -0.25) is 9.05 Å². The van der Waals surface area contributed by atoms with E-state index in [1.165, 1.54) is 0 Å². The summed E-state index contributed by atoms with van der Waals surface area (Å²) in [5.41, 5.74) is 0. The molecule has 0 aliphatic carbocycles.